The van der Waals surface area contributed by atoms with Crippen molar-refractivity contribution in [2.75, 3.05) is 18.0 Å². The lowest BCUT2D eigenvalue weighted by molar-refractivity contribution is -0.129. The van der Waals surface area contributed by atoms with Gasteiger partial charge in [0.2, 0.25) is 5.91 Å². The average molecular weight is 807 g/mol. The second-order valence-corrected chi connectivity index (χ2v) is 16.4. The SMILES string of the molecule is CC(C)(C)OC(=O)NC1(C(=O)NC(Cc2nccn2C(c2ccccc2)(c2ccccc2)c2ccccc2)c2ccc(Cl)cc2)CCN(c2ncnc3[nH]ccc23)CC1. The van der Waals surface area contributed by atoms with Crippen molar-refractivity contribution in [3.8, 4) is 0 Å². The number of carbonyl (C=O) groups excluding carboxylic acids is 2. The van der Waals surface area contributed by atoms with Gasteiger partial charge in [-0.3, -0.25) is 4.79 Å². The molecule has 1 atom stereocenters. The Bertz CT molecular complexity index is 2410. The molecule has 11 nitrogen and oxygen atoms in total. The second-order valence-electron chi connectivity index (χ2n) is 15.9. The zero-order valence-corrected chi connectivity index (χ0v) is 34.1. The van der Waals surface area contributed by atoms with Crippen LogP contribution < -0.4 is 15.5 Å². The minimum atomic E-state index is -1.30. The fourth-order valence-electron chi connectivity index (χ4n) is 8.29. The first kappa shape index (κ1) is 39.4. The molecular weight excluding hydrogens is 760 g/mol. The predicted octanol–water partition coefficient (Wildman–Crippen LogP) is 8.61. The first-order valence-corrected chi connectivity index (χ1v) is 20.2. The highest BCUT2D eigenvalue weighted by Gasteiger charge is 2.46. The normalized spacial score (nSPS) is 14.7. The molecule has 4 aromatic carbocycles. The fourth-order valence-corrected chi connectivity index (χ4v) is 8.42. The van der Waals surface area contributed by atoms with E-state index in [1.165, 1.54) is 6.33 Å². The number of amides is 2. The number of piperidine rings is 1. The number of rotatable bonds is 11. The zero-order chi connectivity index (χ0) is 41.0. The maximum Gasteiger partial charge on any atom is 0.408 e. The highest BCUT2D eigenvalue weighted by molar-refractivity contribution is 6.30. The highest BCUT2D eigenvalue weighted by Crippen LogP contribution is 2.42. The number of fused-ring (bicyclic) bond motifs is 1. The number of benzene rings is 4. The molecule has 2 amide bonds. The van der Waals surface area contributed by atoms with Gasteiger partial charge in [0.05, 0.1) is 11.4 Å². The zero-order valence-electron chi connectivity index (χ0n) is 33.3. The minimum absolute atomic E-state index is 0.301. The number of imidazole rings is 1. The molecule has 59 heavy (non-hydrogen) atoms. The largest absolute Gasteiger partial charge is 0.444 e. The monoisotopic (exact) mass is 806 g/mol. The molecular formula is C47H47ClN8O3. The molecule has 1 unspecified atom stereocenters. The number of hydrogen-bond donors (Lipinski definition) is 3. The van der Waals surface area contributed by atoms with E-state index in [1.807, 2.05) is 67.1 Å². The van der Waals surface area contributed by atoms with Gasteiger partial charge in [-0.05, 0) is 74.1 Å². The summed E-state index contributed by atoms with van der Waals surface area (Å²) >= 11 is 6.42. The van der Waals surface area contributed by atoms with Gasteiger partial charge < -0.3 is 29.8 Å². The van der Waals surface area contributed by atoms with E-state index in [-0.39, 0.29) is 5.91 Å². The summed E-state index contributed by atoms with van der Waals surface area (Å²) in [7, 11) is 0. The maximum atomic E-state index is 15.1. The molecule has 300 valence electrons. The van der Waals surface area contributed by atoms with Crippen LogP contribution in [0.2, 0.25) is 5.02 Å². The average Bonchev–Trinajstić information content (AvgIpc) is 3.92. The van der Waals surface area contributed by atoms with E-state index in [1.54, 1.807) is 20.8 Å². The van der Waals surface area contributed by atoms with Gasteiger partial charge in [0.15, 0.2) is 0 Å². The lowest BCUT2D eigenvalue weighted by Gasteiger charge is -2.42. The lowest BCUT2D eigenvalue weighted by atomic mass is 9.76. The van der Waals surface area contributed by atoms with Gasteiger partial charge >= 0.3 is 6.09 Å². The second kappa shape index (κ2) is 16.4. The molecule has 4 heterocycles. The van der Waals surface area contributed by atoms with Crippen LogP contribution in [0.4, 0.5) is 10.6 Å². The van der Waals surface area contributed by atoms with E-state index in [9.17, 15) is 4.79 Å². The summed E-state index contributed by atoms with van der Waals surface area (Å²) in [5, 5.41) is 7.90. The van der Waals surface area contributed by atoms with Crippen LogP contribution in [-0.2, 0) is 21.5 Å². The number of carbonyl (C=O) groups is 2. The Hall–Kier alpha value is -6.46. The van der Waals surface area contributed by atoms with Crippen LogP contribution >= 0.6 is 11.6 Å². The van der Waals surface area contributed by atoms with Crippen LogP contribution in [0.25, 0.3) is 11.0 Å². The summed E-state index contributed by atoms with van der Waals surface area (Å²) in [6.07, 6.45) is 7.45. The molecule has 1 saturated heterocycles. The van der Waals surface area contributed by atoms with Crippen molar-refractivity contribution in [1.82, 2.24) is 35.1 Å². The number of H-pyrrole nitrogens is 1. The Kier molecular flexibility index (Phi) is 11.0. The van der Waals surface area contributed by atoms with Gasteiger partial charge in [-0.1, -0.05) is 115 Å². The molecule has 3 aromatic heterocycles. The van der Waals surface area contributed by atoms with Crippen LogP contribution in [-0.4, -0.2) is 60.7 Å². The Morgan fingerprint density at radius 2 is 1.41 bits per heavy atom. The van der Waals surface area contributed by atoms with E-state index < -0.39 is 28.8 Å². The molecule has 12 heteroatoms. The Balaban J connectivity index is 1.18. The van der Waals surface area contributed by atoms with Gasteiger partial charge in [0.1, 0.15) is 40.3 Å². The summed E-state index contributed by atoms with van der Waals surface area (Å²) in [6.45, 7) is 6.31. The predicted molar refractivity (Wildman–Crippen MR) is 230 cm³/mol. The van der Waals surface area contributed by atoms with Gasteiger partial charge in [-0.25, -0.2) is 19.7 Å². The number of alkyl carbamates (subject to hydrolysis) is 1. The van der Waals surface area contributed by atoms with Crippen LogP contribution in [0.1, 0.15) is 67.7 Å². The first-order chi connectivity index (χ1) is 28.6. The van der Waals surface area contributed by atoms with Crippen LogP contribution in [0.15, 0.2) is 146 Å². The highest BCUT2D eigenvalue weighted by atomic mass is 35.5. The third kappa shape index (κ3) is 8.03. The van der Waals surface area contributed by atoms with Crippen molar-refractivity contribution in [3.63, 3.8) is 0 Å². The molecule has 0 saturated carbocycles. The molecule has 8 rings (SSSR count). The van der Waals surface area contributed by atoms with Crippen molar-refractivity contribution in [2.24, 2.45) is 0 Å². The van der Waals surface area contributed by atoms with Crippen molar-refractivity contribution in [2.45, 2.75) is 62.8 Å². The standard InChI is InChI=1S/C47H47ClN8O3/c1-45(2,3)59-44(58)54-46(24-28-55(29-25-46)42-38-23-26-50-41(38)51-32-52-42)43(57)53-39(33-19-21-37(48)22-20-33)31-40-49-27-30-56(40)47(34-13-7-4-8-14-34,35-15-9-5-10-16-35)36-17-11-6-12-18-36/h4-23,26-27,30,32,39H,24-25,28-29,31H2,1-3H3,(H,53,57)(H,54,58)(H,50,51,52). The first-order valence-electron chi connectivity index (χ1n) is 19.9. The van der Waals surface area contributed by atoms with Gasteiger partial charge in [-0.15, -0.1) is 0 Å². The van der Waals surface area contributed by atoms with Crippen molar-refractivity contribution >= 4 is 40.5 Å². The molecule has 3 N–H and O–H groups in total. The Labute approximate surface area is 348 Å². The van der Waals surface area contributed by atoms with E-state index in [2.05, 4.69) is 108 Å². The third-order valence-corrected chi connectivity index (χ3v) is 11.3. The summed E-state index contributed by atoms with van der Waals surface area (Å²) in [6, 6.07) is 40.1. The molecule has 7 aromatic rings. The molecule has 0 spiro atoms. The summed E-state index contributed by atoms with van der Waals surface area (Å²) in [5.41, 5.74) is 1.84. The Morgan fingerprint density at radius 1 is 0.814 bits per heavy atom. The van der Waals surface area contributed by atoms with Crippen LogP contribution in [0.5, 0.6) is 0 Å². The number of ether oxygens (including phenoxy) is 1. The van der Waals surface area contributed by atoms with Crippen molar-refractivity contribution in [1.29, 1.82) is 0 Å². The van der Waals surface area contributed by atoms with Gasteiger partial charge in [0.25, 0.3) is 0 Å². The third-order valence-electron chi connectivity index (χ3n) is 11.0. The van der Waals surface area contributed by atoms with Crippen molar-refractivity contribution in [3.05, 3.63) is 179 Å². The number of aromatic amines is 1. The number of halogens is 1. The van der Waals surface area contributed by atoms with E-state index in [0.29, 0.717) is 37.4 Å². The molecule has 1 aliphatic rings. The van der Waals surface area contributed by atoms with E-state index in [4.69, 9.17) is 21.3 Å². The molecule has 1 fully saturated rings. The number of nitrogens with one attached hydrogen (secondary N) is 3. The molecule has 0 radical (unpaired) electrons. The molecule has 1 aliphatic heterocycles. The number of nitrogens with zero attached hydrogens (tertiary/aromatic N) is 5. The summed E-state index contributed by atoms with van der Waals surface area (Å²) in [5.74, 6) is 1.19. The van der Waals surface area contributed by atoms with Crippen LogP contribution in [0, 0.1) is 0 Å². The van der Waals surface area contributed by atoms with Crippen molar-refractivity contribution < 1.29 is 14.3 Å². The van der Waals surface area contributed by atoms with E-state index in [0.717, 1.165) is 44.9 Å². The molecule has 0 aliphatic carbocycles. The lowest BCUT2D eigenvalue weighted by Crippen LogP contribution is -2.64. The minimum Gasteiger partial charge on any atom is -0.444 e. The number of anilines is 1. The van der Waals surface area contributed by atoms with Gasteiger partial charge in [-0.2, -0.15) is 0 Å². The fraction of sp³-hybridized carbons (Fsp3) is 0.255. The summed E-state index contributed by atoms with van der Waals surface area (Å²) < 4.78 is 7.97. The maximum absolute atomic E-state index is 15.1. The summed E-state index contributed by atoms with van der Waals surface area (Å²) in [4.78, 5) is 47.9. The van der Waals surface area contributed by atoms with E-state index >= 15 is 4.79 Å². The topological polar surface area (TPSA) is 130 Å². The smallest absolute Gasteiger partial charge is 0.408 e. The quantitative estimate of drug-likeness (QED) is 0.112. The Morgan fingerprint density at radius 3 is 1.98 bits per heavy atom. The molecule has 0 bridgehead atoms. The van der Waals surface area contributed by atoms with Gasteiger partial charge in [0, 0.05) is 43.1 Å². The number of aromatic nitrogens is 5. The van der Waals surface area contributed by atoms with Crippen LogP contribution in [0.3, 0.4) is 0 Å². The number of hydrogen-bond acceptors (Lipinski definition) is 7.